The number of amides is 1. The Morgan fingerprint density at radius 2 is 1.86 bits per heavy atom. The van der Waals surface area contributed by atoms with Crippen LogP contribution in [0.5, 0.6) is 0 Å². The van der Waals surface area contributed by atoms with Gasteiger partial charge in [-0.2, -0.15) is 0 Å². The van der Waals surface area contributed by atoms with Crippen molar-refractivity contribution in [3.05, 3.63) is 40.6 Å². The molecule has 1 amide bonds. The smallest absolute Gasteiger partial charge is 0.355 e. The minimum atomic E-state index is -0.696. The van der Waals surface area contributed by atoms with Crippen LogP contribution in [0, 0.1) is 6.92 Å². The van der Waals surface area contributed by atoms with Gasteiger partial charge in [0.15, 0.2) is 0 Å². The van der Waals surface area contributed by atoms with Crippen LogP contribution in [0.15, 0.2) is 29.5 Å². The molecule has 9 nitrogen and oxygen atoms in total. The van der Waals surface area contributed by atoms with E-state index in [1.54, 1.807) is 32.2 Å². The maximum Gasteiger partial charge on any atom is 0.355 e. The van der Waals surface area contributed by atoms with Crippen molar-refractivity contribution in [2.75, 3.05) is 52.7 Å². The lowest BCUT2D eigenvalue weighted by molar-refractivity contribution is -0.140. The van der Waals surface area contributed by atoms with E-state index in [-0.39, 0.29) is 30.5 Å². The molecule has 1 aromatic rings. The van der Waals surface area contributed by atoms with E-state index in [1.165, 1.54) is 19.1 Å². The average Bonchev–Trinajstić information content (AvgIpc) is 2.72. The number of methoxy groups -OCH3 is 3. The fourth-order valence-electron chi connectivity index (χ4n) is 2.86. The summed E-state index contributed by atoms with van der Waals surface area (Å²) in [6.07, 6.45) is 0. The molecule has 152 valence electrons. The number of ether oxygens (including phenoxy) is 4. The molecule has 0 unspecified atom stereocenters. The first-order valence-electron chi connectivity index (χ1n) is 8.58. The quantitative estimate of drug-likeness (QED) is 0.536. The number of rotatable bonds is 7. The summed E-state index contributed by atoms with van der Waals surface area (Å²) in [6, 6.07) is 5.09. The molecule has 0 saturated heterocycles. The third-order valence-corrected chi connectivity index (χ3v) is 4.27. The highest BCUT2D eigenvalue weighted by atomic mass is 16.5. The molecular weight excluding hydrogens is 368 g/mol. The maximum atomic E-state index is 12.5. The third-order valence-electron chi connectivity index (χ3n) is 4.27. The Bertz CT molecular complexity index is 788. The van der Waals surface area contributed by atoms with E-state index in [1.807, 2.05) is 0 Å². The van der Waals surface area contributed by atoms with Crippen LogP contribution < -0.4 is 10.2 Å². The predicted molar refractivity (Wildman–Crippen MR) is 99.7 cm³/mol. The van der Waals surface area contributed by atoms with Crippen molar-refractivity contribution >= 4 is 23.5 Å². The van der Waals surface area contributed by atoms with Gasteiger partial charge in [-0.1, -0.05) is 6.07 Å². The first kappa shape index (κ1) is 21.4. The molecule has 9 heteroatoms. The molecule has 1 heterocycles. The van der Waals surface area contributed by atoms with Crippen LogP contribution in [-0.4, -0.2) is 65.7 Å². The van der Waals surface area contributed by atoms with Crippen LogP contribution in [0.1, 0.15) is 15.9 Å². The summed E-state index contributed by atoms with van der Waals surface area (Å²) in [5, 5.41) is 2.76. The fourth-order valence-corrected chi connectivity index (χ4v) is 2.86. The number of nitrogens with one attached hydrogen (secondary N) is 1. The Balaban J connectivity index is 2.47. The Morgan fingerprint density at radius 3 is 2.50 bits per heavy atom. The van der Waals surface area contributed by atoms with Gasteiger partial charge in [0, 0.05) is 24.9 Å². The maximum absolute atomic E-state index is 12.5. The first-order valence-corrected chi connectivity index (χ1v) is 8.58. The van der Waals surface area contributed by atoms with Crippen molar-refractivity contribution in [3.63, 3.8) is 0 Å². The van der Waals surface area contributed by atoms with E-state index in [2.05, 4.69) is 5.32 Å². The van der Waals surface area contributed by atoms with Gasteiger partial charge in [-0.25, -0.2) is 9.59 Å². The number of hydrogen-bond donors (Lipinski definition) is 1. The lowest BCUT2D eigenvalue weighted by atomic mass is 10.0. The Morgan fingerprint density at radius 1 is 1.14 bits per heavy atom. The summed E-state index contributed by atoms with van der Waals surface area (Å²) >= 11 is 0. The molecule has 0 atom stereocenters. The number of carbonyl (C=O) groups is 3. The second-order valence-electron chi connectivity index (χ2n) is 5.91. The monoisotopic (exact) mass is 392 g/mol. The van der Waals surface area contributed by atoms with Crippen LogP contribution in [0.3, 0.4) is 0 Å². The molecule has 0 saturated carbocycles. The second-order valence-corrected chi connectivity index (χ2v) is 5.91. The first-order chi connectivity index (χ1) is 13.5. The summed E-state index contributed by atoms with van der Waals surface area (Å²) in [4.78, 5) is 38.5. The zero-order valence-electron chi connectivity index (χ0n) is 16.4. The number of nitrogens with zero attached hydrogens (tertiary/aromatic N) is 1. The summed E-state index contributed by atoms with van der Waals surface area (Å²) in [7, 11) is 4.00. The standard InChI is InChI=1S/C19H24N2O7/c1-12-13(17(22)20-8-9-25-2)6-5-7-15(12)21-11-28-10-14(18(23)26-3)16(21)19(24)27-4/h5-7H,8-11H2,1-4H3,(H,20,22). The highest BCUT2D eigenvalue weighted by Crippen LogP contribution is 2.30. The molecule has 0 aliphatic carbocycles. The molecule has 0 radical (unpaired) electrons. The van der Waals surface area contributed by atoms with Crippen molar-refractivity contribution in [2.24, 2.45) is 0 Å². The minimum Gasteiger partial charge on any atom is -0.466 e. The zero-order valence-corrected chi connectivity index (χ0v) is 16.4. The Labute approximate surface area is 163 Å². The number of benzene rings is 1. The van der Waals surface area contributed by atoms with Crippen LogP contribution in [0.2, 0.25) is 0 Å². The second kappa shape index (κ2) is 9.86. The van der Waals surface area contributed by atoms with Crippen molar-refractivity contribution in [2.45, 2.75) is 6.92 Å². The molecule has 1 aliphatic rings. The highest BCUT2D eigenvalue weighted by Gasteiger charge is 2.33. The lowest BCUT2D eigenvalue weighted by Gasteiger charge is -2.32. The van der Waals surface area contributed by atoms with Crippen molar-refractivity contribution in [1.29, 1.82) is 0 Å². The molecule has 0 spiro atoms. The van der Waals surface area contributed by atoms with Gasteiger partial charge in [-0.05, 0) is 24.6 Å². The van der Waals surface area contributed by atoms with E-state index in [9.17, 15) is 14.4 Å². The number of carbonyl (C=O) groups excluding carboxylic acids is 3. The zero-order chi connectivity index (χ0) is 20.7. The van der Waals surface area contributed by atoms with E-state index < -0.39 is 11.9 Å². The molecule has 0 bridgehead atoms. The van der Waals surface area contributed by atoms with Crippen molar-refractivity contribution in [1.82, 2.24) is 5.32 Å². The van der Waals surface area contributed by atoms with E-state index in [4.69, 9.17) is 18.9 Å². The molecule has 0 aromatic heterocycles. The van der Waals surface area contributed by atoms with Gasteiger partial charge in [0.05, 0.1) is 33.0 Å². The molecule has 0 fully saturated rings. The van der Waals surface area contributed by atoms with Gasteiger partial charge in [0.2, 0.25) is 0 Å². The predicted octanol–water partition coefficient (Wildman–Crippen LogP) is 0.765. The minimum absolute atomic E-state index is 0.0144. The van der Waals surface area contributed by atoms with Crippen LogP contribution in [-0.2, 0) is 28.5 Å². The number of anilines is 1. The van der Waals surface area contributed by atoms with Gasteiger partial charge in [0.1, 0.15) is 12.4 Å². The van der Waals surface area contributed by atoms with E-state index in [0.717, 1.165) is 0 Å². The molecule has 28 heavy (non-hydrogen) atoms. The average molecular weight is 392 g/mol. The number of esters is 2. The summed E-state index contributed by atoms with van der Waals surface area (Å²) < 4.78 is 20.0. The van der Waals surface area contributed by atoms with Gasteiger partial charge in [0.25, 0.3) is 5.91 Å². The van der Waals surface area contributed by atoms with Gasteiger partial charge >= 0.3 is 11.9 Å². The van der Waals surface area contributed by atoms with Gasteiger partial charge in [-0.15, -0.1) is 0 Å². The molecule has 1 N–H and O–H groups in total. The van der Waals surface area contributed by atoms with Crippen molar-refractivity contribution < 1.29 is 33.3 Å². The van der Waals surface area contributed by atoms with E-state index >= 15 is 0 Å². The largest absolute Gasteiger partial charge is 0.466 e. The topological polar surface area (TPSA) is 103 Å². The Kier molecular flexibility index (Phi) is 7.53. The lowest BCUT2D eigenvalue weighted by Crippen LogP contribution is -2.39. The number of hydrogen-bond acceptors (Lipinski definition) is 8. The SMILES string of the molecule is COCCNC(=O)c1cccc(N2COCC(C(=O)OC)=C2C(=O)OC)c1C. The summed E-state index contributed by atoms with van der Waals surface area (Å²) in [5.41, 5.74) is 1.67. The molecular formula is C19H24N2O7. The summed E-state index contributed by atoms with van der Waals surface area (Å²) in [5.74, 6) is -1.65. The van der Waals surface area contributed by atoms with E-state index in [0.29, 0.717) is 30.0 Å². The van der Waals surface area contributed by atoms with Crippen LogP contribution >= 0.6 is 0 Å². The van der Waals surface area contributed by atoms with Crippen LogP contribution in [0.4, 0.5) is 5.69 Å². The third kappa shape index (κ3) is 4.49. The normalized spacial score (nSPS) is 13.9. The van der Waals surface area contributed by atoms with Crippen molar-refractivity contribution in [3.8, 4) is 0 Å². The Hall–Kier alpha value is -2.91. The van der Waals surface area contributed by atoms with Crippen LogP contribution in [0.25, 0.3) is 0 Å². The fraction of sp³-hybridized carbons (Fsp3) is 0.421. The van der Waals surface area contributed by atoms with Gasteiger partial charge in [-0.3, -0.25) is 4.79 Å². The van der Waals surface area contributed by atoms with Gasteiger partial charge < -0.3 is 29.2 Å². The molecule has 1 aromatic carbocycles. The molecule has 2 rings (SSSR count). The highest BCUT2D eigenvalue weighted by molar-refractivity contribution is 6.04. The molecule has 1 aliphatic heterocycles. The summed E-state index contributed by atoms with van der Waals surface area (Å²) in [6.45, 7) is 2.44.